The molecular formula is C16H23N3O3S. The number of rotatable bonds is 2. The third-order valence-corrected chi connectivity index (χ3v) is 6.62. The zero-order valence-electron chi connectivity index (χ0n) is 13.7. The van der Waals surface area contributed by atoms with Crippen molar-refractivity contribution in [3.63, 3.8) is 0 Å². The van der Waals surface area contributed by atoms with E-state index in [9.17, 15) is 13.2 Å². The standard InChI is InChI=1S/C16H23N3O3S/c1-11-10-19(12(2)9-17-11)23(21,22)15-5-4-14-6-7-18(13(3)20)16(14)8-15/h4-5,8,11-12,17H,6-7,9-10H2,1-3H3. The van der Waals surface area contributed by atoms with Crippen LogP contribution in [0.5, 0.6) is 0 Å². The van der Waals surface area contributed by atoms with E-state index in [0.717, 1.165) is 17.7 Å². The number of carbonyl (C=O) groups excluding carboxylic acids is 1. The summed E-state index contributed by atoms with van der Waals surface area (Å²) in [5.74, 6) is -0.0533. The molecule has 126 valence electrons. The number of nitrogens with zero attached hydrogens (tertiary/aromatic N) is 2. The van der Waals surface area contributed by atoms with Crippen molar-refractivity contribution in [2.45, 2.75) is 44.2 Å². The predicted octanol–water partition coefficient (Wildman–Crippen LogP) is 0.966. The Hall–Kier alpha value is -1.44. The molecule has 23 heavy (non-hydrogen) atoms. The summed E-state index contributed by atoms with van der Waals surface area (Å²) in [6, 6.07) is 5.19. The molecule has 1 aromatic carbocycles. The van der Waals surface area contributed by atoms with Crippen molar-refractivity contribution in [3.8, 4) is 0 Å². The van der Waals surface area contributed by atoms with Crippen LogP contribution < -0.4 is 10.2 Å². The van der Waals surface area contributed by atoms with Gasteiger partial charge in [-0.1, -0.05) is 6.07 Å². The van der Waals surface area contributed by atoms with Gasteiger partial charge in [-0.25, -0.2) is 8.42 Å². The first-order chi connectivity index (χ1) is 10.8. The van der Waals surface area contributed by atoms with Crippen LogP contribution >= 0.6 is 0 Å². The van der Waals surface area contributed by atoms with Gasteiger partial charge in [-0.3, -0.25) is 4.79 Å². The maximum atomic E-state index is 13.0. The Morgan fingerprint density at radius 2 is 2.04 bits per heavy atom. The molecule has 0 spiro atoms. The molecule has 1 amide bonds. The summed E-state index contributed by atoms with van der Waals surface area (Å²) in [6.45, 7) is 7.12. The largest absolute Gasteiger partial charge is 0.312 e. The minimum atomic E-state index is -3.56. The second-order valence-electron chi connectivity index (χ2n) is 6.44. The van der Waals surface area contributed by atoms with Crippen LogP contribution in [0.1, 0.15) is 26.3 Å². The van der Waals surface area contributed by atoms with E-state index in [-0.39, 0.29) is 22.9 Å². The van der Waals surface area contributed by atoms with Crippen LogP contribution in [0.2, 0.25) is 0 Å². The Labute approximate surface area is 137 Å². The van der Waals surface area contributed by atoms with Gasteiger partial charge in [0.2, 0.25) is 15.9 Å². The van der Waals surface area contributed by atoms with Gasteiger partial charge in [-0.05, 0) is 38.0 Å². The first-order valence-electron chi connectivity index (χ1n) is 7.97. The van der Waals surface area contributed by atoms with Gasteiger partial charge < -0.3 is 10.2 Å². The third-order valence-electron chi connectivity index (χ3n) is 4.65. The van der Waals surface area contributed by atoms with E-state index in [2.05, 4.69) is 5.32 Å². The van der Waals surface area contributed by atoms with Gasteiger partial charge in [0.15, 0.2) is 0 Å². The van der Waals surface area contributed by atoms with Gasteiger partial charge in [0.25, 0.3) is 0 Å². The number of hydrogen-bond acceptors (Lipinski definition) is 4. The topological polar surface area (TPSA) is 69.7 Å². The zero-order valence-corrected chi connectivity index (χ0v) is 14.6. The van der Waals surface area contributed by atoms with Crippen LogP contribution in [0, 0.1) is 0 Å². The first-order valence-corrected chi connectivity index (χ1v) is 9.41. The highest BCUT2D eigenvalue weighted by molar-refractivity contribution is 7.89. The van der Waals surface area contributed by atoms with Gasteiger partial charge in [-0.15, -0.1) is 0 Å². The van der Waals surface area contributed by atoms with Gasteiger partial charge in [-0.2, -0.15) is 4.31 Å². The number of carbonyl (C=O) groups is 1. The Bertz CT molecular complexity index is 732. The summed E-state index contributed by atoms with van der Waals surface area (Å²) in [7, 11) is -3.56. The molecule has 7 heteroatoms. The van der Waals surface area contributed by atoms with Crippen LogP contribution in [-0.2, 0) is 21.2 Å². The number of nitrogens with one attached hydrogen (secondary N) is 1. The fourth-order valence-electron chi connectivity index (χ4n) is 3.30. The second-order valence-corrected chi connectivity index (χ2v) is 8.33. The number of anilines is 1. The predicted molar refractivity (Wildman–Crippen MR) is 89.0 cm³/mol. The summed E-state index contributed by atoms with van der Waals surface area (Å²) < 4.78 is 27.6. The number of fused-ring (bicyclic) bond motifs is 1. The van der Waals surface area contributed by atoms with Crippen molar-refractivity contribution in [1.29, 1.82) is 0 Å². The average molecular weight is 337 g/mol. The van der Waals surface area contributed by atoms with E-state index < -0.39 is 10.0 Å². The van der Waals surface area contributed by atoms with Crippen LogP contribution in [0.3, 0.4) is 0 Å². The van der Waals surface area contributed by atoms with E-state index in [1.807, 2.05) is 19.9 Å². The smallest absolute Gasteiger partial charge is 0.243 e. The summed E-state index contributed by atoms with van der Waals surface area (Å²) in [5, 5.41) is 3.29. The number of hydrogen-bond donors (Lipinski definition) is 1. The molecule has 2 unspecified atom stereocenters. The number of benzene rings is 1. The normalized spacial score (nSPS) is 25.4. The fourth-order valence-corrected chi connectivity index (χ4v) is 5.04. The van der Waals surface area contributed by atoms with Gasteiger partial charge in [0, 0.05) is 44.3 Å². The summed E-state index contributed by atoms with van der Waals surface area (Å²) in [4.78, 5) is 13.6. The monoisotopic (exact) mass is 337 g/mol. The minimum absolute atomic E-state index is 0.0533. The molecule has 2 aliphatic heterocycles. The Morgan fingerprint density at radius 1 is 1.30 bits per heavy atom. The third kappa shape index (κ3) is 2.88. The first kappa shape index (κ1) is 16.4. The Morgan fingerprint density at radius 3 is 2.74 bits per heavy atom. The Balaban J connectivity index is 1.98. The molecule has 1 N–H and O–H groups in total. The quantitative estimate of drug-likeness (QED) is 0.873. The molecule has 1 saturated heterocycles. The van der Waals surface area contributed by atoms with Crippen molar-refractivity contribution in [1.82, 2.24) is 9.62 Å². The molecule has 0 saturated carbocycles. The van der Waals surface area contributed by atoms with Crippen molar-refractivity contribution in [3.05, 3.63) is 23.8 Å². The molecule has 0 radical (unpaired) electrons. The number of amides is 1. The summed E-state index contributed by atoms with van der Waals surface area (Å²) in [6.07, 6.45) is 0.774. The van der Waals surface area contributed by atoms with E-state index in [0.29, 0.717) is 19.6 Å². The number of piperazine rings is 1. The molecule has 3 rings (SSSR count). The molecule has 2 heterocycles. The highest BCUT2D eigenvalue weighted by atomic mass is 32.2. The van der Waals surface area contributed by atoms with Gasteiger partial charge >= 0.3 is 0 Å². The van der Waals surface area contributed by atoms with Crippen LogP contribution in [-0.4, -0.2) is 50.3 Å². The lowest BCUT2D eigenvalue weighted by Crippen LogP contribution is -2.56. The van der Waals surface area contributed by atoms with Crippen molar-refractivity contribution in [2.75, 3.05) is 24.5 Å². The van der Waals surface area contributed by atoms with E-state index in [1.165, 1.54) is 6.92 Å². The maximum Gasteiger partial charge on any atom is 0.243 e. The molecule has 1 fully saturated rings. The number of sulfonamides is 1. The lowest BCUT2D eigenvalue weighted by atomic mass is 10.2. The highest BCUT2D eigenvalue weighted by Gasteiger charge is 2.34. The molecule has 0 aliphatic carbocycles. The van der Waals surface area contributed by atoms with Gasteiger partial charge in [0.05, 0.1) is 4.90 Å². The van der Waals surface area contributed by atoms with Crippen LogP contribution in [0.25, 0.3) is 0 Å². The van der Waals surface area contributed by atoms with Crippen molar-refractivity contribution < 1.29 is 13.2 Å². The fraction of sp³-hybridized carbons (Fsp3) is 0.562. The maximum absolute atomic E-state index is 13.0. The highest BCUT2D eigenvalue weighted by Crippen LogP contribution is 2.32. The molecule has 6 nitrogen and oxygen atoms in total. The van der Waals surface area contributed by atoms with Crippen LogP contribution in [0.4, 0.5) is 5.69 Å². The van der Waals surface area contributed by atoms with E-state index in [4.69, 9.17) is 0 Å². The zero-order chi connectivity index (χ0) is 16.8. The lowest BCUT2D eigenvalue weighted by molar-refractivity contribution is -0.116. The molecule has 2 atom stereocenters. The summed E-state index contributed by atoms with van der Waals surface area (Å²) in [5.41, 5.74) is 1.76. The van der Waals surface area contributed by atoms with Gasteiger partial charge in [0.1, 0.15) is 0 Å². The minimum Gasteiger partial charge on any atom is -0.312 e. The van der Waals surface area contributed by atoms with E-state index >= 15 is 0 Å². The van der Waals surface area contributed by atoms with Crippen molar-refractivity contribution >= 4 is 21.6 Å². The molecule has 1 aromatic rings. The molecule has 2 aliphatic rings. The average Bonchev–Trinajstić information content (AvgIpc) is 2.92. The molecule has 0 bridgehead atoms. The lowest BCUT2D eigenvalue weighted by Gasteiger charge is -2.36. The van der Waals surface area contributed by atoms with Crippen LogP contribution in [0.15, 0.2) is 23.1 Å². The second kappa shape index (κ2) is 5.89. The van der Waals surface area contributed by atoms with E-state index in [1.54, 1.807) is 21.3 Å². The Kier molecular flexibility index (Phi) is 4.20. The molecule has 0 aromatic heterocycles. The SMILES string of the molecule is CC(=O)N1CCc2ccc(S(=O)(=O)N3CC(C)NCC3C)cc21. The molecular weight excluding hydrogens is 314 g/mol. The summed E-state index contributed by atoms with van der Waals surface area (Å²) >= 11 is 0. The van der Waals surface area contributed by atoms with Crippen molar-refractivity contribution in [2.24, 2.45) is 0 Å².